The third-order valence-electron chi connectivity index (χ3n) is 8.69. The summed E-state index contributed by atoms with van der Waals surface area (Å²) in [4.78, 5) is 88.6. The molecule has 2 aromatic rings. The highest BCUT2D eigenvalue weighted by Gasteiger charge is 2.65. The van der Waals surface area contributed by atoms with E-state index < -0.39 is 130 Å². The van der Waals surface area contributed by atoms with E-state index >= 15 is 4.39 Å². The Morgan fingerprint density at radius 2 is 1.47 bits per heavy atom. The van der Waals surface area contributed by atoms with Crippen molar-refractivity contribution in [1.29, 1.82) is 0 Å². The van der Waals surface area contributed by atoms with Crippen LogP contribution in [0.4, 0.5) is 9.18 Å². The molecule has 3 rings (SSSR count). The van der Waals surface area contributed by atoms with Crippen LogP contribution in [0.1, 0.15) is 67.2 Å². The van der Waals surface area contributed by atoms with E-state index in [0.717, 1.165) is 26.1 Å². The summed E-state index contributed by atoms with van der Waals surface area (Å²) in [5, 5.41) is 14.2. The number of phosphoric acid groups is 1. The quantitative estimate of drug-likeness (QED) is 0.0790. The molecule has 334 valence electrons. The lowest BCUT2D eigenvalue weighted by Crippen LogP contribution is -2.55. The fourth-order valence-electron chi connectivity index (χ4n) is 5.41. The molecule has 0 aliphatic carbocycles. The molecule has 2 heterocycles. The van der Waals surface area contributed by atoms with Gasteiger partial charge in [0, 0.05) is 19.2 Å². The summed E-state index contributed by atoms with van der Waals surface area (Å²) < 4.78 is 76.9. The number of nitrogens with one attached hydrogen (secondary N) is 1. The van der Waals surface area contributed by atoms with Crippen LogP contribution in [0, 0.1) is 17.8 Å². The first-order valence-corrected chi connectivity index (χ1v) is 20.0. The zero-order valence-electron chi connectivity index (χ0n) is 34.4. The van der Waals surface area contributed by atoms with Crippen molar-refractivity contribution in [3.8, 4) is 0 Å². The molecule has 1 aliphatic heterocycles. The number of carbonyl (C=O) groups is 5. The molecule has 5 atom stereocenters. The maximum atomic E-state index is 15.3. The predicted octanol–water partition coefficient (Wildman–Crippen LogP) is 2.85. The van der Waals surface area contributed by atoms with Gasteiger partial charge in [-0.05, 0) is 18.4 Å². The average Bonchev–Trinajstić information content (AvgIpc) is 3.40. The minimum absolute atomic E-state index is 0.0986. The summed E-state index contributed by atoms with van der Waals surface area (Å²) in [6, 6.07) is 8.25. The van der Waals surface area contributed by atoms with E-state index in [-0.39, 0.29) is 6.61 Å². The summed E-state index contributed by atoms with van der Waals surface area (Å²) in [6.07, 6.45) is -4.13. The van der Waals surface area contributed by atoms with E-state index in [1.165, 1.54) is 27.7 Å². The minimum Gasteiger partial charge on any atom is -0.456 e. The van der Waals surface area contributed by atoms with Crippen molar-refractivity contribution >= 4 is 37.8 Å². The average molecular weight is 876 g/mol. The Labute approximate surface area is 343 Å². The normalized spacial score (nSPS) is 20.8. The molecule has 0 spiro atoms. The first-order chi connectivity index (χ1) is 28.1. The van der Waals surface area contributed by atoms with Gasteiger partial charge in [0.25, 0.3) is 5.56 Å². The van der Waals surface area contributed by atoms with Crippen molar-refractivity contribution in [2.24, 2.45) is 17.8 Å². The molecule has 0 bridgehead atoms. The monoisotopic (exact) mass is 875 g/mol. The molecule has 23 heteroatoms. The van der Waals surface area contributed by atoms with Crippen molar-refractivity contribution in [3.05, 3.63) is 69.0 Å². The summed E-state index contributed by atoms with van der Waals surface area (Å²) >= 11 is 0. The van der Waals surface area contributed by atoms with Gasteiger partial charge in [-0.2, -0.15) is 0 Å². The van der Waals surface area contributed by atoms with Gasteiger partial charge < -0.3 is 38.8 Å². The van der Waals surface area contributed by atoms with Gasteiger partial charge in [-0.3, -0.25) is 28.3 Å². The van der Waals surface area contributed by atoms with Crippen LogP contribution in [0.5, 0.6) is 0 Å². The van der Waals surface area contributed by atoms with Crippen LogP contribution in [0.15, 0.2) is 52.2 Å². The molecule has 1 unspecified atom stereocenters. The molecular formula is C37H51FN3O18P. The zero-order valence-corrected chi connectivity index (χ0v) is 35.2. The first-order valence-electron chi connectivity index (χ1n) is 18.5. The second-order valence-corrected chi connectivity index (χ2v) is 16.3. The van der Waals surface area contributed by atoms with Crippen LogP contribution in [0.3, 0.4) is 0 Å². The van der Waals surface area contributed by atoms with Gasteiger partial charge in [0.2, 0.25) is 13.6 Å². The Bertz CT molecular complexity index is 1960. The molecular weight excluding hydrogens is 824 g/mol. The van der Waals surface area contributed by atoms with E-state index in [1.54, 1.807) is 44.2 Å². The number of esters is 4. The number of phosphoric ester groups is 1. The molecule has 1 aliphatic rings. The van der Waals surface area contributed by atoms with Crippen molar-refractivity contribution < 1.29 is 80.0 Å². The van der Waals surface area contributed by atoms with Gasteiger partial charge in [-0.15, -0.1) is 0 Å². The number of aliphatic hydroxyl groups is 1. The second kappa shape index (κ2) is 21.5. The third kappa shape index (κ3) is 13.0. The van der Waals surface area contributed by atoms with Crippen LogP contribution < -0.4 is 16.6 Å². The van der Waals surface area contributed by atoms with Crippen molar-refractivity contribution in [2.75, 3.05) is 26.9 Å². The predicted molar refractivity (Wildman–Crippen MR) is 202 cm³/mol. The maximum Gasteiger partial charge on any atom is 0.480 e. The molecule has 21 nitrogen and oxygen atoms in total. The number of benzene rings is 1. The molecule has 0 radical (unpaired) electrons. The zero-order chi connectivity index (χ0) is 45.0. The molecule has 1 saturated heterocycles. The molecule has 0 saturated carbocycles. The van der Waals surface area contributed by atoms with Gasteiger partial charge in [-0.1, -0.05) is 71.9 Å². The Morgan fingerprint density at radius 3 is 1.98 bits per heavy atom. The van der Waals surface area contributed by atoms with Gasteiger partial charge in [-0.25, -0.2) is 37.0 Å². The van der Waals surface area contributed by atoms with Crippen LogP contribution in [-0.2, 0) is 79.1 Å². The lowest BCUT2D eigenvalue weighted by molar-refractivity contribution is -0.174. The maximum absolute atomic E-state index is 15.3. The number of carbonyl (C=O) groups excluding carboxylic acids is 5. The number of amides is 1. The second-order valence-electron chi connectivity index (χ2n) is 14.6. The molecule has 2 N–H and O–H groups in total. The summed E-state index contributed by atoms with van der Waals surface area (Å²) in [6.45, 7) is 5.07. The van der Waals surface area contributed by atoms with E-state index in [9.17, 15) is 43.2 Å². The Morgan fingerprint density at radius 1 is 0.883 bits per heavy atom. The standard InChI is InChI=1S/C37H51FN3O18P/c1-22(2)28(39-34(47)51-16-26-12-10-9-11-13-26)31(46)52-19-41-27(43)14-15-40(35(41)48)33-36(8,49)32(58-25(7)42)37(17-38,59-33)18-55-60(50,56-20-53-29(44)23(3)4)57-21-54-30(45)24(5)6/h9-15,22-24,28,32-33,49H,16-21H2,1-8H3,(H,39,47)/t28?,32-,33+,36+,37+/m0/s1. The Hall–Kier alpha value is -4.99. The lowest BCUT2D eigenvalue weighted by Gasteiger charge is -2.34. The van der Waals surface area contributed by atoms with Crippen LogP contribution in [0.2, 0.25) is 0 Å². The molecule has 1 aromatic heterocycles. The van der Waals surface area contributed by atoms with Gasteiger partial charge in [0.15, 0.2) is 24.7 Å². The van der Waals surface area contributed by atoms with Crippen molar-refractivity contribution in [3.63, 3.8) is 0 Å². The third-order valence-corrected chi connectivity index (χ3v) is 9.98. The fourth-order valence-corrected chi connectivity index (χ4v) is 6.38. The largest absolute Gasteiger partial charge is 0.480 e. The van der Waals surface area contributed by atoms with Crippen LogP contribution in [-0.4, -0.2) is 94.4 Å². The number of alkyl carbamates (subject to hydrolysis) is 1. The number of ether oxygens (including phenoxy) is 6. The topological polar surface area (TPSA) is 262 Å². The van der Waals surface area contributed by atoms with Gasteiger partial charge >= 0.3 is 43.5 Å². The van der Waals surface area contributed by atoms with E-state index in [0.29, 0.717) is 14.7 Å². The summed E-state index contributed by atoms with van der Waals surface area (Å²) in [7, 11) is -5.00. The van der Waals surface area contributed by atoms with Crippen molar-refractivity contribution in [1.82, 2.24) is 14.5 Å². The number of nitrogens with zero attached hydrogens (tertiary/aromatic N) is 2. The highest BCUT2D eigenvalue weighted by Crippen LogP contribution is 2.53. The summed E-state index contributed by atoms with van der Waals surface area (Å²) in [5.74, 6) is -5.50. The fraction of sp³-hybridized carbons (Fsp3) is 0.595. The van der Waals surface area contributed by atoms with Gasteiger partial charge in [0.05, 0.1) is 18.4 Å². The number of alkyl halides is 1. The SMILES string of the molecule is CC(=O)O[C@@H]1[C@@](CF)(COP(=O)(OCOC(=O)C(C)C)OCOC(=O)C(C)C)O[C@@H](n2ccc(=O)n(COC(=O)C(NC(=O)OCc3ccccc3)C(C)C)c2=O)[C@]1(C)O. The smallest absolute Gasteiger partial charge is 0.456 e. The molecule has 1 fully saturated rings. The lowest BCUT2D eigenvalue weighted by atomic mass is 9.88. The number of hydrogen-bond acceptors (Lipinski definition) is 18. The molecule has 1 amide bonds. The first kappa shape index (κ1) is 49.4. The molecule has 60 heavy (non-hydrogen) atoms. The van der Waals surface area contributed by atoms with E-state index in [4.69, 9.17) is 42.0 Å². The Kier molecular flexibility index (Phi) is 17.7. The van der Waals surface area contributed by atoms with E-state index in [2.05, 4.69) is 5.32 Å². The van der Waals surface area contributed by atoms with Crippen LogP contribution in [0.25, 0.3) is 0 Å². The van der Waals surface area contributed by atoms with Crippen LogP contribution >= 0.6 is 7.82 Å². The highest BCUT2D eigenvalue weighted by atomic mass is 31.2. The van der Waals surface area contributed by atoms with E-state index in [1.807, 2.05) is 0 Å². The summed E-state index contributed by atoms with van der Waals surface area (Å²) in [5.41, 5.74) is -6.74. The number of rotatable bonds is 21. The number of hydrogen-bond donors (Lipinski definition) is 2. The number of halogens is 1. The van der Waals surface area contributed by atoms with Crippen molar-refractivity contribution in [2.45, 2.75) is 98.3 Å². The highest BCUT2D eigenvalue weighted by molar-refractivity contribution is 7.48. The minimum atomic E-state index is -5.00. The Balaban J connectivity index is 1.89. The van der Waals surface area contributed by atoms with Gasteiger partial charge in [0.1, 0.15) is 24.9 Å². The number of aromatic nitrogens is 2. The molecule has 1 aromatic carbocycles.